The molecule has 7 nitrogen and oxygen atoms in total. The van der Waals surface area contributed by atoms with E-state index in [9.17, 15) is 9.59 Å². The number of methoxy groups -OCH3 is 1. The number of fused-ring (bicyclic) bond motifs is 1. The van der Waals surface area contributed by atoms with Gasteiger partial charge in [-0.05, 0) is 42.6 Å². The Morgan fingerprint density at radius 2 is 1.72 bits per heavy atom. The first-order chi connectivity index (χ1) is 17.3. The molecule has 36 heavy (non-hydrogen) atoms. The number of carbonyl (C=O) groups is 2. The number of rotatable bonds is 7. The topological polar surface area (TPSA) is 56.3 Å². The Balaban J connectivity index is 1.81. The molecule has 0 fully saturated rings. The van der Waals surface area contributed by atoms with E-state index in [1.54, 1.807) is 14.0 Å². The molecule has 0 atom stereocenters. The van der Waals surface area contributed by atoms with Crippen LogP contribution in [0.2, 0.25) is 0 Å². The van der Waals surface area contributed by atoms with Crippen molar-refractivity contribution in [3.63, 3.8) is 0 Å². The van der Waals surface area contributed by atoms with Gasteiger partial charge in [0, 0.05) is 65.3 Å². The van der Waals surface area contributed by atoms with Crippen molar-refractivity contribution in [2.24, 2.45) is 5.92 Å². The third-order valence-corrected chi connectivity index (χ3v) is 6.70. The number of nitrogens with zero attached hydrogens (tertiary/aromatic N) is 4. The van der Waals surface area contributed by atoms with Crippen LogP contribution in [0.4, 0.5) is 11.4 Å². The molecule has 0 spiro atoms. The first kappa shape index (κ1) is 27.5. The predicted molar refractivity (Wildman–Crippen MR) is 147 cm³/mol. The number of ether oxygens (including phenoxy) is 1. The molecule has 3 rings (SSSR count). The summed E-state index contributed by atoms with van der Waals surface area (Å²) in [7, 11) is 3.65. The highest BCUT2D eigenvalue weighted by Crippen LogP contribution is 2.27. The summed E-state index contributed by atoms with van der Waals surface area (Å²) in [6.07, 6.45) is 1.30. The van der Waals surface area contributed by atoms with Crippen LogP contribution >= 0.6 is 0 Å². The van der Waals surface area contributed by atoms with Crippen LogP contribution < -0.4 is 14.5 Å². The Morgan fingerprint density at radius 1 is 1.00 bits per heavy atom. The van der Waals surface area contributed by atoms with E-state index in [1.807, 2.05) is 65.4 Å². The van der Waals surface area contributed by atoms with Crippen LogP contribution in [0.25, 0.3) is 0 Å². The molecule has 0 saturated carbocycles. The van der Waals surface area contributed by atoms with E-state index in [0.717, 1.165) is 48.7 Å². The van der Waals surface area contributed by atoms with Gasteiger partial charge in [-0.2, -0.15) is 0 Å². The lowest BCUT2D eigenvalue weighted by molar-refractivity contribution is -0.131. The predicted octanol–water partition coefficient (Wildman–Crippen LogP) is 4.26. The minimum Gasteiger partial charge on any atom is -0.495 e. The third kappa shape index (κ3) is 7.47. The first-order valence-corrected chi connectivity index (χ1v) is 13.0. The van der Waals surface area contributed by atoms with E-state index < -0.39 is 0 Å². The lowest BCUT2D eigenvalue weighted by atomic mass is 10.1. The van der Waals surface area contributed by atoms with E-state index in [4.69, 9.17) is 4.74 Å². The first-order valence-electron chi connectivity index (χ1n) is 13.0. The molecular weight excluding hydrogens is 452 g/mol. The van der Waals surface area contributed by atoms with Gasteiger partial charge in [0.15, 0.2) is 0 Å². The van der Waals surface area contributed by atoms with Crippen molar-refractivity contribution in [1.82, 2.24) is 9.80 Å². The minimum absolute atomic E-state index is 0.0356. The quantitative estimate of drug-likeness (QED) is 0.576. The molecule has 2 aromatic carbocycles. The van der Waals surface area contributed by atoms with Crippen molar-refractivity contribution < 1.29 is 14.3 Å². The Labute approximate surface area is 216 Å². The maximum absolute atomic E-state index is 13.6. The van der Waals surface area contributed by atoms with Gasteiger partial charge in [-0.3, -0.25) is 9.59 Å². The van der Waals surface area contributed by atoms with Crippen molar-refractivity contribution in [3.05, 3.63) is 54.1 Å². The Hall–Kier alpha value is -3.06. The second kappa shape index (κ2) is 13.3. The number of anilines is 2. The number of hydrogen-bond acceptors (Lipinski definition) is 5. The Kier molecular flexibility index (Phi) is 10.2. The summed E-state index contributed by atoms with van der Waals surface area (Å²) in [5, 5.41) is 0. The standard InChI is InChI=1S/C29H42N4O3/c1-23(2)21-31-16-10-17-33(24(3)34)26-12-7-6-11-25(26)22-32(20-19-31)29(35)15-18-30(4)27-13-8-9-14-28(27)36-5/h6-9,11-14,23H,10,15-22H2,1-5H3. The fourth-order valence-corrected chi connectivity index (χ4v) is 4.87. The molecule has 196 valence electrons. The number of benzene rings is 2. The molecule has 0 aromatic heterocycles. The van der Waals surface area contributed by atoms with E-state index in [2.05, 4.69) is 23.6 Å². The van der Waals surface area contributed by atoms with E-state index >= 15 is 0 Å². The molecule has 1 aliphatic heterocycles. The molecule has 1 heterocycles. The molecule has 2 aromatic rings. The highest BCUT2D eigenvalue weighted by Gasteiger charge is 2.23. The van der Waals surface area contributed by atoms with Gasteiger partial charge in [0.2, 0.25) is 11.8 Å². The Morgan fingerprint density at radius 3 is 2.44 bits per heavy atom. The fourth-order valence-electron chi connectivity index (χ4n) is 4.87. The molecule has 1 aliphatic rings. The maximum atomic E-state index is 13.6. The summed E-state index contributed by atoms with van der Waals surface area (Å²) in [6, 6.07) is 15.9. The zero-order valence-electron chi connectivity index (χ0n) is 22.6. The average Bonchev–Trinajstić information content (AvgIpc) is 2.89. The van der Waals surface area contributed by atoms with Gasteiger partial charge >= 0.3 is 0 Å². The summed E-state index contributed by atoms with van der Waals surface area (Å²) < 4.78 is 5.49. The SMILES string of the molecule is COc1ccccc1N(C)CCC(=O)N1CCN(CC(C)C)CCCN(C(C)=O)c2ccccc2C1. The van der Waals surface area contributed by atoms with Gasteiger partial charge < -0.3 is 24.3 Å². The number of para-hydroxylation sites is 3. The van der Waals surface area contributed by atoms with Gasteiger partial charge in [-0.25, -0.2) is 0 Å². The van der Waals surface area contributed by atoms with Crippen LogP contribution in [0.5, 0.6) is 5.75 Å². The van der Waals surface area contributed by atoms with Crippen LogP contribution in [0, 0.1) is 5.92 Å². The molecule has 0 saturated heterocycles. The monoisotopic (exact) mass is 494 g/mol. The van der Waals surface area contributed by atoms with Gasteiger partial charge in [-0.1, -0.05) is 44.2 Å². The van der Waals surface area contributed by atoms with Gasteiger partial charge in [-0.15, -0.1) is 0 Å². The molecule has 0 bridgehead atoms. The van der Waals surface area contributed by atoms with Crippen molar-refractivity contribution >= 4 is 23.2 Å². The second-order valence-corrected chi connectivity index (χ2v) is 10.0. The third-order valence-electron chi connectivity index (χ3n) is 6.70. The largest absolute Gasteiger partial charge is 0.495 e. The highest BCUT2D eigenvalue weighted by atomic mass is 16.5. The zero-order valence-corrected chi connectivity index (χ0v) is 22.6. The summed E-state index contributed by atoms with van der Waals surface area (Å²) in [4.78, 5) is 34.5. The average molecular weight is 495 g/mol. The van der Waals surface area contributed by atoms with E-state index in [1.165, 1.54) is 0 Å². The lowest BCUT2D eigenvalue weighted by Gasteiger charge is -2.29. The summed E-state index contributed by atoms with van der Waals surface area (Å²) in [5.74, 6) is 1.48. The van der Waals surface area contributed by atoms with Crippen LogP contribution in [-0.2, 0) is 16.1 Å². The lowest BCUT2D eigenvalue weighted by Crippen LogP contribution is -2.40. The van der Waals surface area contributed by atoms with Gasteiger partial charge in [0.05, 0.1) is 12.8 Å². The molecule has 0 unspecified atom stereocenters. The summed E-state index contributed by atoms with van der Waals surface area (Å²) in [6.45, 7) is 11.2. The smallest absolute Gasteiger partial charge is 0.224 e. The van der Waals surface area contributed by atoms with Gasteiger partial charge in [0.25, 0.3) is 0 Å². The van der Waals surface area contributed by atoms with Crippen LogP contribution in [0.1, 0.15) is 39.2 Å². The number of carbonyl (C=O) groups excluding carboxylic acids is 2. The molecular formula is C29H42N4O3. The molecule has 0 radical (unpaired) electrons. The number of amides is 2. The van der Waals surface area contributed by atoms with Gasteiger partial charge in [0.1, 0.15) is 5.75 Å². The maximum Gasteiger partial charge on any atom is 0.224 e. The highest BCUT2D eigenvalue weighted by molar-refractivity contribution is 5.92. The second-order valence-electron chi connectivity index (χ2n) is 10.0. The van der Waals surface area contributed by atoms with Crippen LogP contribution in [-0.4, -0.2) is 75.0 Å². The van der Waals surface area contributed by atoms with Crippen molar-refractivity contribution in [2.75, 3.05) is 63.2 Å². The van der Waals surface area contributed by atoms with E-state index in [0.29, 0.717) is 38.5 Å². The van der Waals surface area contributed by atoms with Crippen molar-refractivity contribution in [1.29, 1.82) is 0 Å². The number of hydrogen-bond donors (Lipinski definition) is 0. The van der Waals surface area contributed by atoms with Crippen molar-refractivity contribution in [3.8, 4) is 5.75 Å². The Bertz CT molecular complexity index is 1010. The fraction of sp³-hybridized carbons (Fsp3) is 0.517. The minimum atomic E-state index is 0.0356. The molecule has 2 amide bonds. The van der Waals surface area contributed by atoms with E-state index in [-0.39, 0.29) is 11.8 Å². The zero-order chi connectivity index (χ0) is 26.1. The summed E-state index contributed by atoms with van der Waals surface area (Å²) in [5.41, 5.74) is 2.89. The van der Waals surface area contributed by atoms with Crippen LogP contribution in [0.3, 0.4) is 0 Å². The molecule has 0 N–H and O–H groups in total. The van der Waals surface area contributed by atoms with Crippen LogP contribution in [0.15, 0.2) is 48.5 Å². The van der Waals surface area contributed by atoms with Crippen molar-refractivity contribution in [2.45, 2.75) is 40.2 Å². The summed E-state index contributed by atoms with van der Waals surface area (Å²) >= 11 is 0. The normalized spacial score (nSPS) is 15.3. The molecule has 7 heteroatoms. The molecule has 0 aliphatic carbocycles.